The Labute approximate surface area is 198 Å². The van der Waals surface area contributed by atoms with Gasteiger partial charge in [0.15, 0.2) is 0 Å². The van der Waals surface area contributed by atoms with Gasteiger partial charge in [-0.3, -0.25) is 0 Å². The Morgan fingerprint density at radius 1 is 0.750 bits per heavy atom. The van der Waals surface area contributed by atoms with Crippen molar-refractivity contribution in [3.05, 3.63) is 111 Å². The number of aromatic nitrogens is 3. The summed E-state index contributed by atoms with van der Waals surface area (Å²) in [6.45, 7) is 4.58. The minimum absolute atomic E-state index is 0.425. The molecular weight excluding hydrogens is 438 g/mol. The van der Waals surface area contributed by atoms with Gasteiger partial charge in [-0.1, -0.05) is 95.2 Å². The molecule has 0 unspecified atom stereocenters. The lowest BCUT2D eigenvalue weighted by atomic mass is 10.1. The number of rotatable bonds is 8. The fraction of sp³-hybridized carbons (Fsp3) is 0.192. The highest BCUT2D eigenvalue weighted by atomic mass is 35.5. The quantitative estimate of drug-likeness (QED) is 0.276. The van der Waals surface area contributed by atoms with Gasteiger partial charge in [-0.05, 0) is 42.7 Å². The smallest absolute Gasteiger partial charge is 0.240 e. The van der Waals surface area contributed by atoms with E-state index in [1.54, 1.807) is 11.8 Å². The number of nitrogens with zero attached hydrogens (tertiary/aromatic N) is 3. The molecule has 0 saturated heterocycles. The maximum Gasteiger partial charge on any atom is 0.240 e. The van der Waals surface area contributed by atoms with Crippen LogP contribution in [-0.4, -0.2) is 15.2 Å². The molecule has 32 heavy (non-hydrogen) atoms. The summed E-state index contributed by atoms with van der Waals surface area (Å²) in [5.41, 5.74) is 6.55. The second kappa shape index (κ2) is 10.6. The van der Waals surface area contributed by atoms with E-state index < -0.39 is 0 Å². The van der Waals surface area contributed by atoms with Gasteiger partial charge in [0, 0.05) is 17.2 Å². The summed E-state index contributed by atoms with van der Waals surface area (Å²) in [5.74, 6) is 1.29. The summed E-state index contributed by atoms with van der Waals surface area (Å²) in [7, 11) is 0. The molecule has 6 heteroatoms. The van der Waals surface area contributed by atoms with Crippen molar-refractivity contribution in [3.63, 3.8) is 0 Å². The average molecular weight is 462 g/mol. The first-order chi connectivity index (χ1) is 15.5. The molecule has 0 radical (unpaired) electrons. The van der Waals surface area contributed by atoms with Gasteiger partial charge >= 0.3 is 0 Å². The van der Waals surface area contributed by atoms with Gasteiger partial charge in [0.1, 0.15) is 12.3 Å². The molecule has 162 valence electrons. The molecule has 4 aromatic rings. The summed E-state index contributed by atoms with van der Waals surface area (Å²) in [6.07, 6.45) is 0.573. The normalized spacial score (nSPS) is 10.8. The topological polar surface area (TPSA) is 47.9 Å². The van der Waals surface area contributed by atoms with Crippen LogP contribution < -0.4 is 4.74 Å². The van der Waals surface area contributed by atoms with Crippen molar-refractivity contribution in [1.29, 1.82) is 0 Å². The van der Waals surface area contributed by atoms with E-state index in [2.05, 4.69) is 72.6 Å². The van der Waals surface area contributed by atoms with Crippen LogP contribution in [-0.2, 0) is 18.8 Å². The van der Waals surface area contributed by atoms with E-state index in [4.69, 9.17) is 21.3 Å². The van der Waals surface area contributed by atoms with Crippen LogP contribution in [0.1, 0.15) is 33.5 Å². The predicted octanol–water partition coefficient (Wildman–Crippen LogP) is 6.60. The zero-order chi connectivity index (χ0) is 22.3. The Morgan fingerprint density at radius 2 is 1.34 bits per heavy atom. The molecular formula is C26H24ClN3OS. The molecule has 0 aliphatic rings. The van der Waals surface area contributed by atoms with Crippen molar-refractivity contribution in [2.24, 2.45) is 0 Å². The van der Waals surface area contributed by atoms with Gasteiger partial charge in [-0.15, -0.1) is 10.2 Å². The van der Waals surface area contributed by atoms with Crippen molar-refractivity contribution in [1.82, 2.24) is 15.2 Å². The number of benzene rings is 3. The van der Waals surface area contributed by atoms with E-state index in [0.717, 1.165) is 16.9 Å². The Kier molecular flexibility index (Phi) is 7.40. The van der Waals surface area contributed by atoms with Gasteiger partial charge in [0.05, 0.1) is 0 Å². The zero-order valence-corrected chi connectivity index (χ0v) is 19.7. The SMILES string of the molecule is Cc1ccc(COc2nc(SCc3ccc(C)cc3)nnc2Cc2ccc(Cl)cc2)cc1. The molecule has 0 aliphatic heterocycles. The molecule has 1 heterocycles. The molecule has 0 atom stereocenters. The molecule has 0 amide bonds. The lowest BCUT2D eigenvalue weighted by molar-refractivity contribution is 0.284. The standard InChI is InChI=1S/C26H24ClN3OS/c1-18-3-7-21(8-4-18)16-31-25-24(15-20-11-13-23(27)14-12-20)29-30-26(28-25)32-17-22-9-5-19(2)6-10-22/h3-14H,15-17H2,1-2H3. The molecule has 0 aliphatic carbocycles. The largest absolute Gasteiger partial charge is 0.471 e. The molecule has 0 spiro atoms. The van der Waals surface area contributed by atoms with Crippen LogP contribution >= 0.6 is 23.4 Å². The molecule has 4 rings (SSSR count). The molecule has 0 bridgehead atoms. The van der Waals surface area contributed by atoms with E-state index in [9.17, 15) is 0 Å². The Morgan fingerprint density at radius 3 is 2.00 bits per heavy atom. The summed E-state index contributed by atoms with van der Waals surface area (Å²) >= 11 is 7.57. The Hall–Kier alpha value is -2.89. The van der Waals surface area contributed by atoms with Gasteiger partial charge in [-0.2, -0.15) is 4.98 Å². The number of thioether (sulfide) groups is 1. The van der Waals surface area contributed by atoms with E-state index in [1.165, 1.54) is 16.7 Å². The summed E-state index contributed by atoms with van der Waals surface area (Å²) in [4.78, 5) is 4.69. The van der Waals surface area contributed by atoms with Gasteiger partial charge in [-0.25, -0.2) is 0 Å². The molecule has 4 nitrogen and oxygen atoms in total. The highest BCUT2D eigenvalue weighted by Gasteiger charge is 2.13. The third-order valence-corrected chi connectivity index (χ3v) is 6.13. The molecule has 0 N–H and O–H groups in total. The lowest BCUT2D eigenvalue weighted by Gasteiger charge is -2.11. The molecule has 1 aromatic heterocycles. The summed E-state index contributed by atoms with van der Waals surface area (Å²) in [5, 5.41) is 10.1. The molecule has 0 saturated carbocycles. The maximum absolute atomic E-state index is 6.11. The van der Waals surface area contributed by atoms with Crippen molar-refractivity contribution in [3.8, 4) is 5.88 Å². The van der Waals surface area contributed by atoms with Crippen molar-refractivity contribution in [2.45, 2.75) is 37.8 Å². The minimum Gasteiger partial charge on any atom is -0.471 e. The lowest BCUT2D eigenvalue weighted by Crippen LogP contribution is -2.06. The first kappa shape index (κ1) is 22.3. The van der Waals surface area contributed by atoms with Crippen LogP contribution in [0.2, 0.25) is 5.02 Å². The zero-order valence-electron chi connectivity index (χ0n) is 18.1. The summed E-state index contributed by atoms with van der Waals surface area (Å²) in [6, 6.07) is 24.5. The van der Waals surface area contributed by atoms with Crippen molar-refractivity contribution in [2.75, 3.05) is 0 Å². The fourth-order valence-electron chi connectivity index (χ4n) is 3.07. The first-order valence-electron chi connectivity index (χ1n) is 10.4. The van der Waals surface area contributed by atoms with Crippen LogP contribution in [0.3, 0.4) is 0 Å². The monoisotopic (exact) mass is 461 g/mol. The van der Waals surface area contributed by atoms with E-state index in [0.29, 0.717) is 34.8 Å². The number of ether oxygens (including phenoxy) is 1. The van der Waals surface area contributed by atoms with Gasteiger partial charge < -0.3 is 4.74 Å². The van der Waals surface area contributed by atoms with Crippen LogP contribution in [0.25, 0.3) is 0 Å². The third kappa shape index (κ3) is 6.31. The molecule has 3 aromatic carbocycles. The van der Waals surface area contributed by atoms with Crippen molar-refractivity contribution >= 4 is 23.4 Å². The number of hydrogen-bond donors (Lipinski definition) is 0. The first-order valence-corrected chi connectivity index (χ1v) is 11.8. The second-order valence-electron chi connectivity index (χ2n) is 7.70. The average Bonchev–Trinajstić information content (AvgIpc) is 2.81. The minimum atomic E-state index is 0.425. The van der Waals surface area contributed by atoms with Crippen LogP contribution in [0.15, 0.2) is 78.0 Å². The third-order valence-electron chi connectivity index (χ3n) is 4.97. The maximum atomic E-state index is 6.11. The predicted molar refractivity (Wildman–Crippen MR) is 130 cm³/mol. The van der Waals surface area contributed by atoms with Crippen LogP contribution in [0, 0.1) is 13.8 Å². The Balaban J connectivity index is 1.52. The number of aryl methyl sites for hydroxylation is 2. The van der Waals surface area contributed by atoms with E-state index >= 15 is 0 Å². The highest BCUT2D eigenvalue weighted by Crippen LogP contribution is 2.25. The Bertz CT molecular complexity index is 1160. The molecule has 0 fully saturated rings. The van der Waals surface area contributed by atoms with Crippen LogP contribution in [0.5, 0.6) is 5.88 Å². The van der Waals surface area contributed by atoms with Gasteiger partial charge in [0.2, 0.25) is 11.0 Å². The number of hydrogen-bond acceptors (Lipinski definition) is 5. The van der Waals surface area contributed by atoms with Crippen LogP contribution in [0.4, 0.5) is 0 Å². The van der Waals surface area contributed by atoms with Gasteiger partial charge in [0.25, 0.3) is 0 Å². The van der Waals surface area contributed by atoms with E-state index in [1.807, 2.05) is 24.3 Å². The highest BCUT2D eigenvalue weighted by molar-refractivity contribution is 7.98. The van der Waals surface area contributed by atoms with Crippen molar-refractivity contribution < 1.29 is 4.74 Å². The number of halogens is 1. The second-order valence-corrected chi connectivity index (χ2v) is 9.08. The van der Waals surface area contributed by atoms with E-state index in [-0.39, 0.29) is 0 Å². The fourth-order valence-corrected chi connectivity index (χ4v) is 3.93. The summed E-state index contributed by atoms with van der Waals surface area (Å²) < 4.78 is 6.11.